The van der Waals surface area contributed by atoms with Gasteiger partial charge in [-0.15, -0.1) is 0 Å². The zero-order chi connectivity index (χ0) is 8.97. The van der Waals surface area contributed by atoms with Crippen molar-refractivity contribution >= 4 is 22.0 Å². The summed E-state index contributed by atoms with van der Waals surface area (Å²) < 4.78 is 0. The van der Waals surface area contributed by atoms with Crippen molar-refractivity contribution in [2.24, 2.45) is 0 Å². The van der Waals surface area contributed by atoms with E-state index in [2.05, 4.69) is 4.98 Å². The second-order valence-electron chi connectivity index (χ2n) is 2.31. The van der Waals surface area contributed by atoms with Crippen LogP contribution >= 0.6 is 11.3 Å². The van der Waals surface area contributed by atoms with Crippen LogP contribution in [-0.2, 0) is 0 Å². The first-order valence-corrected chi connectivity index (χ1v) is 4.60. The molecule has 0 unspecified atom stereocenters. The molecule has 12 heavy (non-hydrogen) atoms. The summed E-state index contributed by atoms with van der Waals surface area (Å²) in [7, 11) is 0. The molecule has 1 aromatic rings. The Morgan fingerprint density at radius 2 is 2.33 bits per heavy atom. The Morgan fingerprint density at radius 3 is 2.75 bits per heavy atom. The lowest BCUT2D eigenvalue weighted by Crippen LogP contribution is -1.77. The summed E-state index contributed by atoms with van der Waals surface area (Å²) >= 11 is 1.51. The number of rotatable bonds is 2. The molecule has 0 fully saturated rings. The molecule has 0 bridgehead atoms. The zero-order valence-electron chi connectivity index (χ0n) is 7.24. The summed E-state index contributed by atoms with van der Waals surface area (Å²) in [5.74, 6) is 0. The van der Waals surface area contributed by atoms with Gasteiger partial charge in [-0.25, -0.2) is 4.98 Å². The normalized spacial score (nSPS) is 12.7. The lowest BCUT2D eigenvalue weighted by molar-refractivity contribution is 1.42. The number of anilines is 1. The van der Waals surface area contributed by atoms with Gasteiger partial charge in [0.15, 0.2) is 5.13 Å². The van der Waals surface area contributed by atoms with E-state index in [1.807, 2.05) is 32.1 Å². The maximum atomic E-state index is 5.52. The fraction of sp³-hybridized carbons (Fsp3) is 0.222. The third-order valence-electron chi connectivity index (χ3n) is 1.47. The van der Waals surface area contributed by atoms with Crippen LogP contribution in [0.25, 0.3) is 5.57 Å². The summed E-state index contributed by atoms with van der Waals surface area (Å²) in [4.78, 5) is 5.11. The summed E-state index contributed by atoms with van der Waals surface area (Å²) in [6.45, 7) is 4.00. The van der Waals surface area contributed by atoms with E-state index < -0.39 is 0 Å². The van der Waals surface area contributed by atoms with Crippen molar-refractivity contribution in [1.29, 1.82) is 0 Å². The van der Waals surface area contributed by atoms with Gasteiger partial charge in [0.1, 0.15) is 0 Å². The van der Waals surface area contributed by atoms with Crippen LogP contribution in [0.2, 0.25) is 0 Å². The predicted molar refractivity (Wildman–Crippen MR) is 55.0 cm³/mol. The fourth-order valence-electron chi connectivity index (χ4n) is 0.921. The van der Waals surface area contributed by atoms with Gasteiger partial charge in [-0.2, -0.15) is 0 Å². The Labute approximate surface area is 76.4 Å². The molecule has 0 aliphatic heterocycles. The van der Waals surface area contributed by atoms with Crippen LogP contribution in [0.15, 0.2) is 24.4 Å². The van der Waals surface area contributed by atoms with Gasteiger partial charge in [0.2, 0.25) is 0 Å². The molecule has 0 saturated heterocycles. The van der Waals surface area contributed by atoms with Crippen molar-refractivity contribution in [1.82, 2.24) is 4.98 Å². The van der Waals surface area contributed by atoms with Gasteiger partial charge in [0.25, 0.3) is 0 Å². The predicted octanol–water partition coefficient (Wildman–Crippen LogP) is 2.70. The van der Waals surface area contributed by atoms with E-state index in [-0.39, 0.29) is 0 Å². The lowest BCUT2D eigenvalue weighted by Gasteiger charge is -1.93. The van der Waals surface area contributed by atoms with Gasteiger partial charge in [-0.3, -0.25) is 0 Å². The standard InChI is InChI=1S/C9H12N2S/c1-3-5-7(4-2)8-6-11-9(10)12-8/h3-6H,1-2H3,(H2,10,11)/b5-3-,7-4+. The van der Waals surface area contributed by atoms with Crippen molar-refractivity contribution in [2.45, 2.75) is 13.8 Å². The minimum atomic E-state index is 0.619. The number of hydrogen-bond donors (Lipinski definition) is 1. The van der Waals surface area contributed by atoms with E-state index in [9.17, 15) is 0 Å². The van der Waals surface area contributed by atoms with Crippen molar-refractivity contribution in [3.63, 3.8) is 0 Å². The first-order chi connectivity index (χ1) is 5.77. The van der Waals surface area contributed by atoms with E-state index in [1.54, 1.807) is 6.20 Å². The van der Waals surface area contributed by atoms with Crippen LogP contribution < -0.4 is 5.73 Å². The van der Waals surface area contributed by atoms with Crippen molar-refractivity contribution in [3.8, 4) is 0 Å². The number of allylic oxidation sites excluding steroid dienone is 4. The molecule has 0 aromatic carbocycles. The van der Waals surface area contributed by atoms with Gasteiger partial charge in [0.05, 0.1) is 4.88 Å². The maximum Gasteiger partial charge on any atom is 0.180 e. The molecule has 1 heterocycles. The molecular formula is C9H12N2S. The van der Waals surface area contributed by atoms with Crippen LogP contribution in [0.4, 0.5) is 5.13 Å². The van der Waals surface area contributed by atoms with E-state index in [0.717, 1.165) is 4.88 Å². The maximum absolute atomic E-state index is 5.52. The monoisotopic (exact) mass is 180 g/mol. The molecule has 0 saturated carbocycles. The van der Waals surface area contributed by atoms with E-state index in [0.29, 0.717) is 5.13 Å². The Hall–Kier alpha value is -1.09. The van der Waals surface area contributed by atoms with Crippen molar-refractivity contribution in [3.05, 3.63) is 29.3 Å². The van der Waals surface area contributed by atoms with E-state index in [1.165, 1.54) is 16.9 Å². The SMILES string of the molecule is C/C=C\C(=C/C)c1cnc(N)s1. The molecule has 3 heteroatoms. The van der Waals surface area contributed by atoms with E-state index >= 15 is 0 Å². The highest BCUT2D eigenvalue weighted by Crippen LogP contribution is 2.23. The van der Waals surface area contributed by atoms with Gasteiger partial charge in [-0.1, -0.05) is 29.6 Å². The summed E-state index contributed by atoms with van der Waals surface area (Å²) in [5.41, 5.74) is 6.70. The highest BCUT2D eigenvalue weighted by Gasteiger charge is 2.00. The second-order valence-corrected chi connectivity index (χ2v) is 3.37. The van der Waals surface area contributed by atoms with Crippen LogP contribution in [0.3, 0.4) is 0 Å². The minimum absolute atomic E-state index is 0.619. The van der Waals surface area contributed by atoms with Crippen molar-refractivity contribution < 1.29 is 0 Å². The van der Waals surface area contributed by atoms with Crippen molar-refractivity contribution in [2.75, 3.05) is 5.73 Å². The van der Waals surface area contributed by atoms with Crippen LogP contribution in [-0.4, -0.2) is 4.98 Å². The first kappa shape index (κ1) is 9.00. The van der Waals surface area contributed by atoms with Crippen LogP contribution in [0, 0.1) is 0 Å². The Bertz CT molecular complexity index is 310. The van der Waals surface area contributed by atoms with Gasteiger partial charge < -0.3 is 5.73 Å². The second kappa shape index (κ2) is 4.07. The number of aromatic nitrogens is 1. The van der Waals surface area contributed by atoms with Crippen LogP contribution in [0.1, 0.15) is 18.7 Å². The quantitative estimate of drug-likeness (QED) is 0.711. The first-order valence-electron chi connectivity index (χ1n) is 3.78. The topological polar surface area (TPSA) is 38.9 Å². The molecule has 64 valence electrons. The Kier molecular flexibility index (Phi) is 3.05. The zero-order valence-corrected chi connectivity index (χ0v) is 8.06. The summed E-state index contributed by atoms with van der Waals surface area (Å²) in [6, 6.07) is 0. The highest BCUT2D eigenvalue weighted by molar-refractivity contribution is 7.16. The third-order valence-corrected chi connectivity index (χ3v) is 2.34. The molecule has 0 amide bonds. The molecule has 0 radical (unpaired) electrons. The number of thiazole rings is 1. The van der Waals surface area contributed by atoms with Crippen LogP contribution in [0.5, 0.6) is 0 Å². The average molecular weight is 180 g/mol. The number of nitrogens with two attached hydrogens (primary N) is 1. The molecule has 0 atom stereocenters. The number of nitrogen functional groups attached to an aromatic ring is 1. The Morgan fingerprint density at radius 1 is 1.58 bits per heavy atom. The smallest absolute Gasteiger partial charge is 0.180 e. The van der Waals surface area contributed by atoms with E-state index in [4.69, 9.17) is 5.73 Å². The number of hydrogen-bond acceptors (Lipinski definition) is 3. The lowest BCUT2D eigenvalue weighted by atomic mass is 10.2. The molecule has 2 nitrogen and oxygen atoms in total. The Balaban J connectivity index is 2.96. The molecule has 1 aromatic heterocycles. The molecule has 0 aliphatic rings. The molecule has 1 rings (SSSR count). The summed E-state index contributed by atoms with van der Waals surface area (Å²) in [5, 5.41) is 0.619. The van der Waals surface area contributed by atoms with Gasteiger partial charge >= 0.3 is 0 Å². The summed E-state index contributed by atoms with van der Waals surface area (Å²) in [6.07, 6.45) is 7.90. The van der Waals surface area contributed by atoms with Gasteiger partial charge in [-0.05, 0) is 19.4 Å². The highest BCUT2D eigenvalue weighted by atomic mass is 32.1. The average Bonchev–Trinajstić information content (AvgIpc) is 2.47. The molecular weight excluding hydrogens is 168 g/mol. The molecule has 0 spiro atoms. The largest absolute Gasteiger partial charge is 0.375 e. The minimum Gasteiger partial charge on any atom is -0.375 e. The molecule has 0 aliphatic carbocycles. The van der Waals surface area contributed by atoms with Gasteiger partial charge in [0, 0.05) is 6.20 Å². The molecule has 2 N–H and O–H groups in total. The third kappa shape index (κ3) is 1.95. The fourth-order valence-corrected chi connectivity index (χ4v) is 1.66. The number of nitrogens with zero attached hydrogens (tertiary/aromatic N) is 1.